The molecule has 3 heteroatoms. The van der Waals surface area contributed by atoms with Gasteiger partial charge in [0.15, 0.2) is 0 Å². The smallest absolute Gasteiger partial charge is 0.221 e. The molecule has 0 saturated heterocycles. The minimum absolute atomic E-state index is 0.625. The zero-order chi connectivity index (χ0) is 12.4. The Bertz CT molecular complexity index is 566. The van der Waals surface area contributed by atoms with Crippen LogP contribution < -0.4 is 10.1 Å². The molecule has 0 fully saturated rings. The molecule has 2 aromatic rings. The van der Waals surface area contributed by atoms with Gasteiger partial charge in [0.25, 0.3) is 0 Å². The molecule has 18 heavy (non-hydrogen) atoms. The molecule has 3 rings (SSSR count). The first-order valence-corrected chi connectivity index (χ1v) is 6.29. The highest BCUT2D eigenvalue weighted by atomic mass is 16.5. The van der Waals surface area contributed by atoms with Gasteiger partial charge in [0.2, 0.25) is 5.88 Å². The number of pyridine rings is 1. The molecule has 0 amide bonds. The predicted molar refractivity (Wildman–Crippen MR) is 72.3 cm³/mol. The van der Waals surface area contributed by atoms with Crippen LogP contribution in [0.2, 0.25) is 0 Å². The summed E-state index contributed by atoms with van der Waals surface area (Å²) in [5, 5.41) is 3.00. The van der Waals surface area contributed by atoms with E-state index < -0.39 is 0 Å². The van der Waals surface area contributed by atoms with Gasteiger partial charge in [-0.05, 0) is 48.6 Å². The molecule has 0 spiro atoms. The van der Waals surface area contributed by atoms with Gasteiger partial charge < -0.3 is 10.1 Å². The number of rotatable bonds is 3. The minimum Gasteiger partial charge on any atom is -0.439 e. The summed E-state index contributed by atoms with van der Waals surface area (Å²) in [4.78, 5) is 4.35. The van der Waals surface area contributed by atoms with Crippen LogP contribution in [0.25, 0.3) is 0 Å². The number of nitrogens with one attached hydrogen (secondary N) is 1. The van der Waals surface area contributed by atoms with Crippen LogP contribution >= 0.6 is 0 Å². The summed E-state index contributed by atoms with van der Waals surface area (Å²) in [5.41, 5.74) is 2.87. The van der Waals surface area contributed by atoms with Crippen LogP contribution in [0.1, 0.15) is 17.5 Å². The summed E-state index contributed by atoms with van der Waals surface area (Å²) < 4.78 is 5.79. The highest BCUT2D eigenvalue weighted by Crippen LogP contribution is 2.28. The molecule has 0 radical (unpaired) electrons. The van der Waals surface area contributed by atoms with Crippen molar-refractivity contribution in [2.45, 2.75) is 19.3 Å². The summed E-state index contributed by atoms with van der Waals surface area (Å²) in [7, 11) is 1.85. The highest BCUT2D eigenvalue weighted by molar-refractivity contribution is 5.41. The SMILES string of the molecule is CNc1cccc(Oc2ccc3c(c2)CCC3)n1. The van der Waals surface area contributed by atoms with Gasteiger partial charge in [-0.25, -0.2) is 0 Å². The number of fused-ring (bicyclic) bond motifs is 1. The van der Waals surface area contributed by atoms with E-state index in [1.54, 1.807) is 0 Å². The summed E-state index contributed by atoms with van der Waals surface area (Å²) in [6.45, 7) is 0. The Kier molecular flexibility index (Phi) is 2.89. The molecule has 92 valence electrons. The number of hydrogen-bond donors (Lipinski definition) is 1. The molecule has 1 aliphatic rings. The number of anilines is 1. The van der Waals surface area contributed by atoms with Crippen molar-refractivity contribution in [2.75, 3.05) is 12.4 Å². The highest BCUT2D eigenvalue weighted by Gasteiger charge is 2.11. The number of aryl methyl sites for hydroxylation is 2. The number of nitrogens with zero attached hydrogens (tertiary/aromatic N) is 1. The molecular weight excluding hydrogens is 224 g/mol. The van der Waals surface area contributed by atoms with Gasteiger partial charge in [-0.2, -0.15) is 4.98 Å². The Morgan fingerprint density at radius 1 is 1.11 bits per heavy atom. The van der Waals surface area contributed by atoms with Gasteiger partial charge in [0.1, 0.15) is 11.6 Å². The van der Waals surface area contributed by atoms with E-state index in [-0.39, 0.29) is 0 Å². The number of benzene rings is 1. The summed E-state index contributed by atoms with van der Waals surface area (Å²) in [6, 6.07) is 12.0. The Balaban J connectivity index is 1.83. The second-order valence-electron chi connectivity index (χ2n) is 4.50. The van der Waals surface area contributed by atoms with Crippen LogP contribution in [0.4, 0.5) is 5.82 Å². The average Bonchev–Trinajstić information content (AvgIpc) is 2.86. The first-order valence-electron chi connectivity index (χ1n) is 6.29. The molecular formula is C15H16N2O. The molecule has 1 aliphatic carbocycles. The van der Waals surface area contributed by atoms with E-state index in [2.05, 4.69) is 22.4 Å². The fourth-order valence-electron chi connectivity index (χ4n) is 2.34. The quantitative estimate of drug-likeness (QED) is 0.892. The van der Waals surface area contributed by atoms with Gasteiger partial charge in [-0.3, -0.25) is 0 Å². The topological polar surface area (TPSA) is 34.1 Å². The molecule has 0 atom stereocenters. The Morgan fingerprint density at radius 3 is 2.89 bits per heavy atom. The van der Waals surface area contributed by atoms with Crippen LogP contribution in [-0.2, 0) is 12.8 Å². The third-order valence-electron chi connectivity index (χ3n) is 3.27. The van der Waals surface area contributed by atoms with Crippen LogP contribution in [-0.4, -0.2) is 12.0 Å². The maximum absolute atomic E-state index is 5.79. The minimum atomic E-state index is 0.625. The van der Waals surface area contributed by atoms with Crippen LogP contribution in [0, 0.1) is 0 Å². The monoisotopic (exact) mass is 240 g/mol. The normalized spacial score (nSPS) is 13.2. The van der Waals surface area contributed by atoms with Crippen molar-refractivity contribution in [1.82, 2.24) is 4.98 Å². The fraction of sp³-hybridized carbons (Fsp3) is 0.267. The second-order valence-corrected chi connectivity index (χ2v) is 4.50. The lowest BCUT2D eigenvalue weighted by Gasteiger charge is -2.08. The van der Waals surface area contributed by atoms with E-state index in [1.807, 2.05) is 31.3 Å². The maximum Gasteiger partial charge on any atom is 0.221 e. The van der Waals surface area contributed by atoms with Crippen molar-refractivity contribution in [1.29, 1.82) is 0 Å². The molecule has 0 bridgehead atoms. The Labute approximate surface area is 107 Å². The summed E-state index contributed by atoms with van der Waals surface area (Å²) >= 11 is 0. The van der Waals surface area contributed by atoms with Crippen LogP contribution in [0.15, 0.2) is 36.4 Å². The number of aromatic nitrogens is 1. The molecule has 0 saturated carbocycles. The van der Waals surface area contributed by atoms with E-state index in [1.165, 1.54) is 24.0 Å². The van der Waals surface area contributed by atoms with Gasteiger partial charge in [0, 0.05) is 13.1 Å². The second kappa shape index (κ2) is 4.69. The molecule has 0 aliphatic heterocycles. The van der Waals surface area contributed by atoms with Crippen molar-refractivity contribution in [2.24, 2.45) is 0 Å². The molecule has 1 N–H and O–H groups in total. The van der Waals surface area contributed by atoms with Crippen molar-refractivity contribution >= 4 is 5.82 Å². The van der Waals surface area contributed by atoms with Gasteiger partial charge in [-0.15, -0.1) is 0 Å². The lowest BCUT2D eigenvalue weighted by Crippen LogP contribution is -1.94. The van der Waals surface area contributed by atoms with Crippen LogP contribution in [0.5, 0.6) is 11.6 Å². The van der Waals surface area contributed by atoms with Crippen LogP contribution in [0.3, 0.4) is 0 Å². The van der Waals surface area contributed by atoms with Crippen molar-refractivity contribution in [3.63, 3.8) is 0 Å². The molecule has 1 aromatic carbocycles. The van der Waals surface area contributed by atoms with Crippen molar-refractivity contribution in [3.05, 3.63) is 47.5 Å². The number of ether oxygens (including phenoxy) is 1. The van der Waals surface area contributed by atoms with Gasteiger partial charge >= 0.3 is 0 Å². The van der Waals surface area contributed by atoms with E-state index in [4.69, 9.17) is 4.74 Å². The third kappa shape index (κ3) is 2.16. The number of hydrogen-bond acceptors (Lipinski definition) is 3. The Hall–Kier alpha value is -2.03. The lowest BCUT2D eigenvalue weighted by atomic mass is 10.1. The summed E-state index contributed by atoms with van der Waals surface area (Å²) in [6.07, 6.45) is 3.62. The van der Waals surface area contributed by atoms with Gasteiger partial charge in [0.05, 0.1) is 0 Å². The third-order valence-corrected chi connectivity index (χ3v) is 3.27. The van der Waals surface area contributed by atoms with E-state index in [9.17, 15) is 0 Å². The first kappa shape index (κ1) is 11.1. The van der Waals surface area contributed by atoms with E-state index in [0.29, 0.717) is 5.88 Å². The van der Waals surface area contributed by atoms with Crippen molar-refractivity contribution in [3.8, 4) is 11.6 Å². The molecule has 3 nitrogen and oxygen atoms in total. The maximum atomic E-state index is 5.79. The zero-order valence-electron chi connectivity index (χ0n) is 10.4. The Morgan fingerprint density at radius 2 is 2.00 bits per heavy atom. The first-order chi connectivity index (χ1) is 8.85. The van der Waals surface area contributed by atoms with Gasteiger partial charge in [-0.1, -0.05) is 12.1 Å². The average molecular weight is 240 g/mol. The predicted octanol–water partition coefficient (Wildman–Crippen LogP) is 3.40. The lowest BCUT2D eigenvalue weighted by molar-refractivity contribution is 0.463. The van der Waals surface area contributed by atoms with E-state index in [0.717, 1.165) is 18.0 Å². The molecule has 0 unspecified atom stereocenters. The summed E-state index contributed by atoms with van der Waals surface area (Å²) in [5.74, 6) is 2.31. The molecule has 1 heterocycles. The largest absolute Gasteiger partial charge is 0.439 e. The standard InChI is InChI=1S/C15H16N2O/c1-16-14-6-3-7-15(17-14)18-13-9-8-11-4-2-5-12(11)10-13/h3,6-10H,2,4-5H2,1H3,(H,16,17). The fourth-order valence-corrected chi connectivity index (χ4v) is 2.34. The molecule has 1 aromatic heterocycles. The zero-order valence-corrected chi connectivity index (χ0v) is 10.4. The van der Waals surface area contributed by atoms with E-state index >= 15 is 0 Å². The van der Waals surface area contributed by atoms with Crippen molar-refractivity contribution < 1.29 is 4.74 Å².